The van der Waals surface area contributed by atoms with Gasteiger partial charge in [0.1, 0.15) is 5.78 Å². The van der Waals surface area contributed by atoms with Gasteiger partial charge >= 0.3 is 0 Å². The summed E-state index contributed by atoms with van der Waals surface area (Å²) >= 11 is 0. The van der Waals surface area contributed by atoms with Crippen LogP contribution in [-0.2, 0) is 4.79 Å². The Morgan fingerprint density at radius 3 is 2.47 bits per heavy atom. The van der Waals surface area contributed by atoms with E-state index in [0.29, 0.717) is 17.6 Å². The van der Waals surface area contributed by atoms with Gasteiger partial charge in [-0.3, -0.25) is 4.79 Å². The summed E-state index contributed by atoms with van der Waals surface area (Å²) in [5.74, 6) is 1.54. The molecule has 17 heavy (non-hydrogen) atoms. The summed E-state index contributed by atoms with van der Waals surface area (Å²) in [6.07, 6.45) is 3.72. The molecule has 2 heteroatoms. The van der Waals surface area contributed by atoms with Crippen molar-refractivity contribution in [2.24, 2.45) is 28.6 Å². The quantitative estimate of drug-likeness (QED) is 0.702. The molecule has 0 radical (unpaired) electrons. The molecule has 3 rings (SSSR count). The van der Waals surface area contributed by atoms with Gasteiger partial charge in [-0.1, -0.05) is 20.8 Å². The first kappa shape index (κ1) is 11.7. The first-order chi connectivity index (χ1) is 7.72. The fraction of sp³-hybridized carbons (Fsp3) is 0.933. The molecule has 5 atom stereocenters. The van der Waals surface area contributed by atoms with Gasteiger partial charge in [0.25, 0.3) is 0 Å². The van der Waals surface area contributed by atoms with Gasteiger partial charge in [-0.05, 0) is 48.9 Å². The molecule has 2 bridgehead atoms. The summed E-state index contributed by atoms with van der Waals surface area (Å²) in [4.78, 5) is 12.1. The van der Waals surface area contributed by atoms with Crippen molar-refractivity contribution < 1.29 is 9.90 Å². The van der Waals surface area contributed by atoms with Crippen LogP contribution in [0.25, 0.3) is 0 Å². The highest BCUT2D eigenvalue weighted by atomic mass is 16.3. The largest absolute Gasteiger partial charge is 0.390 e. The summed E-state index contributed by atoms with van der Waals surface area (Å²) in [6, 6.07) is 0. The smallest absolute Gasteiger partial charge is 0.136 e. The zero-order valence-corrected chi connectivity index (χ0v) is 11.4. The predicted octanol–water partition coefficient (Wildman–Crippen LogP) is 2.79. The number of ketones is 1. The average molecular weight is 236 g/mol. The number of hydrogen-bond acceptors (Lipinski definition) is 2. The van der Waals surface area contributed by atoms with Crippen LogP contribution in [0.5, 0.6) is 0 Å². The molecule has 0 aliphatic heterocycles. The highest BCUT2D eigenvalue weighted by molar-refractivity contribution is 5.85. The number of fused-ring (bicyclic) bond motifs is 1. The van der Waals surface area contributed by atoms with E-state index in [1.165, 1.54) is 0 Å². The molecule has 0 saturated heterocycles. The summed E-state index contributed by atoms with van der Waals surface area (Å²) < 4.78 is 0. The number of carbonyl (C=O) groups is 1. The van der Waals surface area contributed by atoms with Crippen molar-refractivity contribution in [3.63, 3.8) is 0 Å². The van der Waals surface area contributed by atoms with Crippen molar-refractivity contribution in [1.82, 2.24) is 0 Å². The number of hydrogen-bond donors (Lipinski definition) is 1. The second-order valence-electron chi connectivity index (χ2n) is 7.61. The Balaban J connectivity index is 2.09. The monoisotopic (exact) mass is 236 g/mol. The molecule has 3 fully saturated rings. The first-order valence-corrected chi connectivity index (χ1v) is 6.97. The zero-order valence-electron chi connectivity index (χ0n) is 11.4. The van der Waals surface area contributed by atoms with Crippen LogP contribution in [0.15, 0.2) is 0 Å². The maximum atomic E-state index is 12.1. The first-order valence-electron chi connectivity index (χ1n) is 6.97. The second-order valence-corrected chi connectivity index (χ2v) is 7.61. The summed E-state index contributed by atoms with van der Waals surface area (Å²) in [5.41, 5.74) is -0.199. The van der Waals surface area contributed by atoms with E-state index in [4.69, 9.17) is 0 Å². The van der Waals surface area contributed by atoms with Gasteiger partial charge in [-0.25, -0.2) is 0 Å². The predicted molar refractivity (Wildman–Crippen MR) is 66.5 cm³/mol. The molecular weight excluding hydrogens is 212 g/mol. The van der Waals surface area contributed by atoms with E-state index >= 15 is 0 Å². The third kappa shape index (κ3) is 1.18. The Hall–Kier alpha value is -0.370. The van der Waals surface area contributed by atoms with Crippen LogP contribution in [-0.4, -0.2) is 16.5 Å². The molecule has 3 aliphatic carbocycles. The van der Waals surface area contributed by atoms with E-state index in [1.807, 2.05) is 6.92 Å². The lowest BCUT2D eigenvalue weighted by atomic mass is 9.64. The SMILES string of the molecule is C[C@@H]1C(=O)C[C@H]2C(C)(C)[C@H]3C[C@@]12CC[C@@]3(C)O. The zero-order chi connectivity index (χ0) is 12.6. The van der Waals surface area contributed by atoms with E-state index in [-0.39, 0.29) is 16.7 Å². The van der Waals surface area contributed by atoms with Gasteiger partial charge in [-0.2, -0.15) is 0 Å². The van der Waals surface area contributed by atoms with Gasteiger partial charge < -0.3 is 5.11 Å². The van der Waals surface area contributed by atoms with Crippen LogP contribution >= 0.6 is 0 Å². The van der Waals surface area contributed by atoms with E-state index in [2.05, 4.69) is 20.8 Å². The van der Waals surface area contributed by atoms with Crippen LogP contribution in [0.2, 0.25) is 0 Å². The van der Waals surface area contributed by atoms with Crippen LogP contribution in [0.1, 0.15) is 53.4 Å². The van der Waals surface area contributed by atoms with Gasteiger partial charge in [0, 0.05) is 12.3 Å². The molecule has 0 unspecified atom stereocenters. The second kappa shape index (κ2) is 2.96. The van der Waals surface area contributed by atoms with Crippen molar-refractivity contribution >= 4 is 5.78 Å². The molecule has 0 heterocycles. The van der Waals surface area contributed by atoms with Crippen molar-refractivity contribution in [2.75, 3.05) is 0 Å². The molecule has 0 amide bonds. The molecule has 96 valence electrons. The van der Waals surface area contributed by atoms with Crippen LogP contribution in [0, 0.1) is 28.6 Å². The van der Waals surface area contributed by atoms with E-state index < -0.39 is 5.60 Å². The van der Waals surface area contributed by atoms with Crippen LogP contribution in [0.4, 0.5) is 0 Å². The lowest BCUT2D eigenvalue weighted by Crippen LogP contribution is -2.44. The van der Waals surface area contributed by atoms with Crippen LogP contribution in [0.3, 0.4) is 0 Å². The summed E-state index contributed by atoms with van der Waals surface area (Å²) in [6.45, 7) is 8.67. The molecule has 2 nitrogen and oxygen atoms in total. The van der Waals surface area contributed by atoms with Gasteiger partial charge in [0.05, 0.1) is 5.60 Å². The number of aliphatic hydroxyl groups is 1. The summed E-state index contributed by atoms with van der Waals surface area (Å²) in [7, 11) is 0. The van der Waals surface area contributed by atoms with E-state index in [9.17, 15) is 9.90 Å². The van der Waals surface area contributed by atoms with Crippen molar-refractivity contribution in [3.05, 3.63) is 0 Å². The highest BCUT2D eigenvalue weighted by Crippen LogP contribution is 2.72. The Bertz CT molecular complexity index is 382. The number of rotatable bonds is 0. The van der Waals surface area contributed by atoms with Crippen LogP contribution < -0.4 is 0 Å². The van der Waals surface area contributed by atoms with E-state index in [1.54, 1.807) is 0 Å². The van der Waals surface area contributed by atoms with Gasteiger partial charge in [0.15, 0.2) is 0 Å². The molecule has 1 spiro atoms. The van der Waals surface area contributed by atoms with Crippen molar-refractivity contribution in [3.8, 4) is 0 Å². The third-order valence-electron chi connectivity index (χ3n) is 6.67. The average Bonchev–Trinajstić information content (AvgIpc) is 2.58. The fourth-order valence-electron chi connectivity index (χ4n) is 5.59. The van der Waals surface area contributed by atoms with Crippen molar-refractivity contribution in [2.45, 2.75) is 59.0 Å². The number of Topliss-reactive ketones (excluding diaryl/α,β-unsaturated/α-hetero) is 1. The van der Waals surface area contributed by atoms with Gasteiger partial charge in [0.2, 0.25) is 0 Å². The minimum absolute atomic E-state index is 0.112. The minimum Gasteiger partial charge on any atom is -0.390 e. The highest BCUT2D eigenvalue weighted by Gasteiger charge is 2.69. The lowest BCUT2D eigenvalue weighted by molar-refractivity contribution is -0.125. The fourth-order valence-corrected chi connectivity index (χ4v) is 5.59. The number of carbonyl (C=O) groups excluding carboxylic acids is 1. The Labute approximate surface area is 104 Å². The maximum Gasteiger partial charge on any atom is 0.136 e. The topological polar surface area (TPSA) is 37.3 Å². The Morgan fingerprint density at radius 1 is 1.18 bits per heavy atom. The molecule has 3 aliphatic rings. The van der Waals surface area contributed by atoms with Crippen molar-refractivity contribution in [1.29, 1.82) is 0 Å². The summed E-state index contributed by atoms with van der Waals surface area (Å²) in [5, 5.41) is 10.6. The minimum atomic E-state index is -0.526. The standard InChI is InChI=1S/C15H24O2/c1-9-10(16)7-11-13(2,3)12-8-15(9,11)6-5-14(12,4)17/h9,11-12,17H,5-8H2,1-4H3/t9-,11+,12-,14-,15+/m1/s1. The maximum absolute atomic E-state index is 12.1. The molecule has 0 aromatic rings. The Morgan fingerprint density at radius 2 is 1.82 bits per heavy atom. The Kier molecular flexibility index (Phi) is 2.04. The normalized spacial score (nSPS) is 56.1. The third-order valence-corrected chi connectivity index (χ3v) is 6.67. The molecule has 0 aromatic heterocycles. The van der Waals surface area contributed by atoms with Gasteiger partial charge in [-0.15, -0.1) is 0 Å². The molecule has 3 saturated carbocycles. The molecule has 1 N–H and O–H groups in total. The molecular formula is C15H24O2. The molecule has 0 aromatic carbocycles. The van der Waals surface area contributed by atoms with E-state index in [0.717, 1.165) is 25.7 Å². The lowest BCUT2D eigenvalue weighted by Gasteiger charge is -2.44.